The molecule has 7 heteroatoms. The summed E-state index contributed by atoms with van der Waals surface area (Å²) in [6, 6.07) is 4.62. The van der Waals surface area contributed by atoms with Crippen molar-refractivity contribution in [2.24, 2.45) is 0 Å². The highest BCUT2D eigenvalue weighted by molar-refractivity contribution is 6.33. The SMILES string of the molecule is CCCc1c(CO)nnn1-c1ccc(Cl)c(C(=O)O)c1. The van der Waals surface area contributed by atoms with Crippen molar-refractivity contribution in [3.63, 3.8) is 0 Å². The third-order valence-electron chi connectivity index (χ3n) is 2.91. The number of halogens is 1. The topological polar surface area (TPSA) is 88.2 Å². The van der Waals surface area contributed by atoms with Gasteiger partial charge in [0.25, 0.3) is 0 Å². The number of aromatic nitrogens is 3. The Morgan fingerprint density at radius 2 is 2.20 bits per heavy atom. The molecule has 2 rings (SSSR count). The molecule has 0 radical (unpaired) electrons. The molecule has 0 fully saturated rings. The Kier molecular flexibility index (Phi) is 4.36. The van der Waals surface area contributed by atoms with Gasteiger partial charge in [-0.1, -0.05) is 30.2 Å². The average Bonchev–Trinajstić information content (AvgIpc) is 2.82. The molecule has 0 saturated heterocycles. The maximum Gasteiger partial charge on any atom is 0.337 e. The van der Waals surface area contributed by atoms with E-state index < -0.39 is 5.97 Å². The molecule has 0 unspecified atom stereocenters. The summed E-state index contributed by atoms with van der Waals surface area (Å²) in [5, 5.41) is 26.4. The van der Waals surface area contributed by atoms with Crippen LogP contribution in [0.2, 0.25) is 5.02 Å². The molecule has 6 nitrogen and oxygen atoms in total. The zero-order valence-electron chi connectivity index (χ0n) is 10.9. The van der Waals surface area contributed by atoms with Crippen molar-refractivity contribution in [1.82, 2.24) is 15.0 Å². The lowest BCUT2D eigenvalue weighted by Gasteiger charge is -2.08. The third-order valence-corrected chi connectivity index (χ3v) is 3.23. The zero-order valence-corrected chi connectivity index (χ0v) is 11.6. The van der Waals surface area contributed by atoms with Gasteiger partial charge in [-0.2, -0.15) is 0 Å². The van der Waals surface area contributed by atoms with Crippen LogP contribution in [0, 0.1) is 0 Å². The van der Waals surface area contributed by atoms with Gasteiger partial charge in [0.2, 0.25) is 0 Å². The predicted molar refractivity (Wildman–Crippen MR) is 73.2 cm³/mol. The molecule has 1 aromatic carbocycles. The van der Waals surface area contributed by atoms with E-state index in [0.717, 1.165) is 12.1 Å². The van der Waals surface area contributed by atoms with Crippen LogP contribution in [0.15, 0.2) is 18.2 Å². The number of aromatic carboxylic acids is 1. The molecule has 0 saturated carbocycles. The highest BCUT2D eigenvalue weighted by Crippen LogP contribution is 2.22. The smallest absolute Gasteiger partial charge is 0.337 e. The Balaban J connectivity index is 2.54. The minimum Gasteiger partial charge on any atom is -0.478 e. The van der Waals surface area contributed by atoms with Gasteiger partial charge in [-0.05, 0) is 24.6 Å². The van der Waals surface area contributed by atoms with E-state index in [2.05, 4.69) is 10.3 Å². The normalized spacial score (nSPS) is 10.8. The van der Waals surface area contributed by atoms with E-state index in [4.69, 9.17) is 16.7 Å². The molecule has 0 aliphatic rings. The van der Waals surface area contributed by atoms with Crippen molar-refractivity contribution in [2.75, 3.05) is 0 Å². The number of nitrogens with zero attached hydrogens (tertiary/aromatic N) is 3. The Labute approximate surface area is 120 Å². The molecular weight excluding hydrogens is 282 g/mol. The molecule has 0 atom stereocenters. The van der Waals surface area contributed by atoms with Crippen LogP contribution < -0.4 is 0 Å². The van der Waals surface area contributed by atoms with Gasteiger partial charge in [0.1, 0.15) is 5.69 Å². The average molecular weight is 296 g/mol. The number of hydrogen-bond donors (Lipinski definition) is 2. The first-order valence-corrected chi connectivity index (χ1v) is 6.53. The van der Waals surface area contributed by atoms with E-state index >= 15 is 0 Å². The number of aliphatic hydroxyl groups excluding tert-OH is 1. The highest BCUT2D eigenvalue weighted by Gasteiger charge is 2.15. The van der Waals surface area contributed by atoms with E-state index in [1.165, 1.54) is 16.8 Å². The second-order valence-electron chi connectivity index (χ2n) is 4.27. The number of benzene rings is 1. The summed E-state index contributed by atoms with van der Waals surface area (Å²) in [5.41, 5.74) is 1.84. The quantitative estimate of drug-likeness (QED) is 0.881. The van der Waals surface area contributed by atoms with Crippen LogP contribution in [0.1, 0.15) is 35.1 Å². The minimum absolute atomic E-state index is 0.00710. The first-order valence-electron chi connectivity index (χ1n) is 6.16. The zero-order chi connectivity index (χ0) is 14.7. The summed E-state index contributed by atoms with van der Waals surface area (Å²) in [6.45, 7) is 1.80. The lowest BCUT2D eigenvalue weighted by molar-refractivity contribution is 0.0697. The van der Waals surface area contributed by atoms with Crippen molar-refractivity contribution < 1.29 is 15.0 Å². The summed E-state index contributed by atoms with van der Waals surface area (Å²) in [4.78, 5) is 11.1. The Bertz CT molecular complexity index is 640. The molecule has 0 spiro atoms. The molecule has 106 valence electrons. The fourth-order valence-electron chi connectivity index (χ4n) is 1.96. The predicted octanol–water partition coefficient (Wildman–Crippen LogP) is 2.06. The van der Waals surface area contributed by atoms with Crippen LogP contribution in [0.4, 0.5) is 0 Å². The van der Waals surface area contributed by atoms with Crippen LogP contribution in [0.25, 0.3) is 5.69 Å². The molecule has 1 aromatic heterocycles. The molecule has 0 aliphatic carbocycles. The number of carboxylic acid groups (broad SMARTS) is 1. The molecule has 20 heavy (non-hydrogen) atoms. The number of aliphatic hydroxyl groups is 1. The van der Waals surface area contributed by atoms with Gasteiger partial charge >= 0.3 is 5.97 Å². The van der Waals surface area contributed by atoms with Crippen molar-refractivity contribution in [1.29, 1.82) is 0 Å². The fourth-order valence-corrected chi connectivity index (χ4v) is 2.16. The number of carbonyl (C=O) groups is 1. The molecule has 1 heterocycles. The van der Waals surface area contributed by atoms with Gasteiger partial charge in [-0.25, -0.2) is 9.48 Å². The molecule has 2 N–H and O–H groups in total. The van der Waals surface area contributed by atoms with Crippen molar-refractivity contribution in [3.05, 3.63) is 40.2 Å². The number of carboxylic acids is 1. The molecule has 2 aromatic rings. The molecular formula is C13H14ClN3O3. The van der Waals surface area contributed by atoms with Crippen LogP contribution in [-0.2, 0) is 13.0 Å². The van der Waals surface area contributed by atoms with Gasteiger partial charge < -0.3 is 10.2 Å². The Hall–Kier alpha value is -1.92. The maximum atomic E-state index is 11.1. The lowest BCUT2D eigenvalue weighted by atomic mass is 10.1. The summed E-state index contributed by atoms with van der Waals surface area (Å²) in [6.07, 6.45) is 1.55. The summed E-state index contributed by atoms with van der Waals surface area (Å²) < 4.78 is 1.54. The standard InChI is InChI=1S/C13H14ClN3O3/c1-2-3-12-11(7-18)15-16-17(12)8-4-5-10(14)9(6-8)13(19)20/h4-6,18H,2-3,7H2,1H3,(H,19,20). The van der Waals surface area contributed by atoms with Gasteiger partial charge in [-0.3, -0.25) is 0 Å². The van der Waals surface area contributed by atoms with E-state index in [1.807, 2.05) is 6.92 Å². The third kappa shape index (κ3) is 2.66. The number of rotatable bonds is 5. The Morgan fingerprint density at radius 3 is 2.80 bits per heavy atom. The van der Waals surface area contributed by atoms with Crippen molar-refractivity contribution in [3.8, 4) is 5.69 Å². The van der Waals surface area contributed by atoms with Gasteiger partial charge in [0, 0.05) is 0 Å². The van der Waals surface area contributed by atoms with Gasteiger partial charge in [-0.15, -0.1) is 5.10 Å². The van der Waals surface area contributed by atoms with Crippen LogP contribution in [0.3, 0.4) is 0 Å². The van der Waals surface area contributed by atoms with Crippen molar-refractivity contribution >= 4 is 17.6 Å². The monoisotopic (exact) mass is 295 g/mol. The van der Waals surface area contributed by atoms with Crippen molar-refractivity contribution in [2.45, 2.75) is 26.4 Å². The van der Waals surface area contributed by atoms with Gasteiger partial charge in [0.15, 0.2) is 0 Å². The van der Waals surface area contributed by atoms with Crippen LogP contribution >= 0.6 is 11.6 Å². The van der Waals surface area contributed by atoms with E-state index in [9.17, 15) is 9.90 Å². The second kappa shape index (κ2) is 6.02. The van der Waals surface area contributed by atoms with E-state index in [0.29, 0.717) is 17.8 Å². The van der Waals surface area contributed by atoms with Crippen LogP contribution in [0.5, 0.6) is 0 Å². The highest BCUT2D eigenvalue weighted by atomic mass is 35.5. The summed E-state index contributed by atoms with van der Waals surface area (Å²) in [5.74, 6) is -1.10. The fraction of sp³-hybridized carbons (Fsp3) is 0.308. The first kappa shape index (κ1) is 14.5. The number of hydrogen-bond acceptors (Lipinski definition) is 4. The molecule has 0 aliphatic heterocycles. The first-order chi connectivity index (χ1) is 9.58. The largest absolute Gasteiger partial charge is 0.478 e. The second-order valence-corrected chi connectivity index (χ2v) is 4.68. The molecule has 0 amide bonds. The summed E-state index contributed by atoms with van der Waals surface area (Å²) in [7, 11) is 0. The van der Waals surface area contributed by atoms with E-state index in [-0.39, 0.29) is 17.2 Å². The van der Waals surface area contributed by atoms with Gasteiger partial charge in [0.05, 0.1) is 28.6 Å². The maximum absolute atomic E-state index is 11.1. The molecule has 0 bridgehead atoms. The minimum atomic E-state index is -1.10. The Morgan fingerprint density at radius 1 is 1.45 bits per heavy atom. The summed E-state index contributed by atoms with van der Waals surface area (Å²) >= 11 is 5.85. The lowest BCUT2D eigenvalue weighted by Crippen LogP contribution is -2.06. The van der Waals surface area contributed by atoms with E-state index in [1.54, 1.807) is 6.07 Å². The van der Waals surface area contributed by atoms with Crippen LogP contribution in [-0.4, -0.2) is 31.2 Å².